The molecule has 1 rings (SSSR count). The Kier molecular flexibility index (Phi) is 3.27. The number of aliphatic hydroxyl groups excluding tert-OH is 1. The van der Waals surface area contributed by atoms with Crippen LogP contribution in [0.2, 0.25) is 0 Å². The molecule has 0 radical (unpaired) electrons. The van der Waals surface area contributed by atoms with Gasteiger partial charge in [-0.3, -0.25) is 5.41 Å². The minimum atomic E-state index is 0.201. The van der Waals surface area contributed by atoms with Crippen LogP contribution in [-0.4, -0.2) is 42.6 Å². The first-order valence-corrected chi connectivity index (χ1v) is 4.70. The molecular formula is C9H19N3O. The van der Waals surface area contributed by atoms with E-state index in [9.17, 15) is 0 Å². The van der Waals surface area contributed by atoms with E-state index in [1.165, 1.54) is 12.8 Å². The minimum absolute atomic E-state index is 0.201. The maximum atomic E-state index is 8.73. The van der Waals surface area contributed by atoms with Crippen molar-refractivity contribution in [2.75, 3.05) is 26.7 Å². The van der Waals surface area contributed by atoms with Crippen LogP contribution < -0.4 is 5.73 Å². The fraction of sp³-hybridized carbons (Fsp3) is 0.889. The lowest BCUT2D eigenvalue weighted by molar-refractivity contribution is 0.197. The third-order valence-corrected chi connectivity index (χ3v) is 2.61. The molecule has 0 aliphatic heterocycles. The average Bonchev–Trinajstić information content (AvgIpc) is 2.67. The van der Waals surface area contributed by atoms with Crippen molar-refractivity contribution in [3.63, 3.8) is 0 Å². The number of hydrogen-bond donors (Lipinski definition) is 3. The summed E-state index contributed by atoms with van der Waals surface area (Å²) in [7, 11) is 2.00. The molecule has 1 fully saturated rings. The average molecular weight is 185 g/mol. The first kappa shape index (κ1) is 10.5. The standard InChI is InChI=1S/C9H19N3O/c1-12(4-5-13)7-9(2-3-9)6-8(10)11/h13H,2-7H2,1H3,(H3,10,11). The Morgan fingerprint density at radius 2 is 2.23 bits per heavy atom. The van der Waals surface area contributed by atoms with Crippen molar-refractivity contribution in [3.8, 4) is 0 Å². The normalized spacial score (nSPS) is 19.0. The summed E-state index contributed by atoms with van der Waals surface area (Å²) in [5.74, 6) is 0.287. The van der Waals surface area contributed by atoms with E-state index in [0.29, 0.717) is 13.0 Å². The summed E-state index contributed by atoms with van der Waals surface area (Å²) in [6, 6.07) is 0. The van der Waals surface area contributed by atoms with Gasteiger partial charge in [0.15, 0.2) is 0 Å². The maximum absolute atomic E-state index is 8.73. The summed E-state index contributed by atoms with van der Waals surface area (Å²) >= 11 is 0. The van der Waals surface area contributed by atoms with Crippen LogP contribution in [0.25, 0.3) is 0 Å². The minimum Gasteiger partial charge on any atom is -0.395 e. The molecule has 0 heterocycles. The van der Waals surface area contributed by atoms with Crippen molar-refractivity contribution in [1.82, 2.24) is 4.90 Å². The predicted molar refractivity (Wildman–Crippen MR) is 52.8 cm³/mol. The van der Waals surface area contributed by atoms with Gasteiger partial charge in [0.05, 0.1) is 12.4 Å². The van der Waals surface area contributed by atoms with Crippen LogP contribution >= 0.6 is 0 Å². The highest BCUT2D eigenvalue weighted by Gasteiger charge is 2.43. The Morgan fingerprint density at radius 3 is 2.62 bits per heavy atom. The second-order valence-electron chi connectivity index (χ2n) is 4.16. The third kappa shape index (κ3) is 3.32. The number of rotatable bonds is 6. The summed E-state index contributed by atoms with van der Waals surface area (Å²) in [6.45, 7) is 1.86. The third-order valence-electron chi connectivity index (χ3n) is 2.61. The zero-order chi connectivity index (χ0) is 9.90. The van der Waals surface area contributed by atoms with Gasteiger partial charge in [-0.05, 0) is 25.3 Å². The molecule has 4 nitrogen and oxygen atoms in total. The van der Waals surface area contributed by atoms with Crippen molar-refractivity contribution < 1.29 is 5.11 Å². The molecule has 4 N–H and O–H groups in total. The summed E-state index contributed by atoms with van der Waals surface area (Å²) in [4.78, 5) is 2.11. The quantitative estimate of drug-likeness (QED) is 0.403. The molecular weight excluding hydrogens is 166 g/mol. The molecule has 0 aromatic rings. The van der Waals surface area contributed by atoms with Gasteiger partial charge >= 0.3 is 0 Å². The Balaban J connectivity index is 2.30. The molecule has 1 aliphatic carbocycles. The molecule has 0 aromatic heterocycles. The molecule has 0 aromatic carbocycles. The van der Waals surface area contributed by atoms with Gasteiger partial charge < -0.3 is 15.7 Å². The molecule has 13 heavy (non-hydrogen) atoms. The molecule has 0 amide bonds. The van der Waals surface area contributed by atoms with Gasteiger partial charge in [-0.25, -0.2) is 0 Å². The predicted octanol–water partition coefficient (Wildman–Crippen LogP) is 0.0168. The summed E-state index contributed by atoms with van der Waals surface area (Å²) < 4.78 is 0. The number of nitrogens with one attached hydrogen (secondary N) is 1. The van der Waals surface area contributed by atoms with E-state index in [2.05, 4.69) is 4.90 Å². The maximum Gasteiger partial charge on any atom is 0.0911 e. The Hall–Kier alpha value is -0.610. The van der Waals surface area contributed by atoms with Gasteiger partial charge in [0.25, 0.3) is 0 Å². The van der Waals surface area contributed by atoms with E-state index in [1.807, 2.05) is 7.05 Å². The number of hydrogen-bond acceptors (Lipinski definition) is 3. The summed E-state index contributed by atoms with van der Waals surface area (Å²) in [5, 5.41) is 16.0. The Morgan fingerprint density at radius 1 is 1.62 bits per heavy atom. The highest BCUT2D eigenvalue weighted by molar-refractivity contribution is 5.78. The lowest BCUT2D eigenvalue weighted by Gasteiger charge is -2.22. The van der Waals surface area contributed by atoms with E-state index < -0.39 is 0 Å². The van der Waals surface area contributed by atoms with Crippen LogP contribution in [0.5, 0.6) is 0 Å². The Bertz CT molecular complexity index is 189. The lowest BCUT2D eigenvalue weighted by atomic mass is 10.0. The molecule has 1 saturated carbocycles. The van der Waals surface area contributed by atoms with Gasteiger partial charge in [-0.15, -0.1) is 0 Å². The van der Waals surface area contributed by atoms with Crippen molar-refractivity contribution in [3.05, 3.63) is 0 Å². The van der Waals surface area contributed by atoms with Crippen LogP contribution in [0, 0.1) is 10.8 Å². The van der Waals surface area contributed by atoms with Gasteiger partial charge in [0.1, 0.15) is 0 Å². The van der Waals surface area contributed by atoms with Gasteiger partial charge in [-0.2, -0.15) is 0 Å². The molecule has 76 valence electrons. The van der Waals surface area contributed by atoms with Crippen LogP contribution in [0.3, 0.4) is 0 Å². The lowest BCUT2D eigenvalue weighted by Crippen LogP contribution is -2.31. The number of amidine groups is 1. The number of aliphatic hydroxyl groups is 1. The summed E-state index contributed by atoms with van der Waals surface area (Å²) in [6.07, 6.45) is 3.05. The number of likely N-dealkylation sites (N-methyl/N-ethyl adjacent to an activating group) is 1. The Labute approximate surface area is 79.2 Å². The van der Waals surface area contributed by atoms with Crippen LogP contribution in [0.15, 0.2) is 0 Å². The highest BCUT2D eigenvalue weighted by atomic mass is 16.3. The number of nitrogens with zero attached hydrogens (tertiary/aromatic N) is 1. The molecule has 0 spiro atoms. The van der Waals surface area contributed by atoms with E-state index in [-0.39, 0.29) is 17.9 Å². The fourth-order valence-electron chi connectivity index (χ4n) is 1.79. The molecule has 1 aliphatic rings. The topological polar surface area (TPSA) is 73.3 Å². The second kappa shape index (κ2) is 4.07. The van der Waals surface area contributed by atoms with Gasteiger partial charge in [0, 0.05) is 19.5 Å². The van der Waals surface area contributed by atoms with Crippen LogP contribution in [-0.2, 0) is 0 Å². The smallest absolute Gasteiger partial charge is 0.0911 e. The zero-order valence-corrected chi connectivity index (χ0v) is 8.21. The molecule has 0 saturated heterocycles. The summed E-state index contributed by atoms with van der Waals surface area (Å²) in [5.41, 5.74) is 5.64. The molecule has 0 unspecified atom stereocenters. The van der Waals surface area contributed by atoms with E-state index in [0.717, 1.165) is 6.54 Å². The van der Waals surface area contributed by atoms with Crippen molar-refractivity contribution >= 4 is 5.84 Å². The molecule has 0 bridgehead atoms. The van der Waals surface area contributed by atoms with Crippen molar-refractivity contribution in [2.45, 2.75) is 19.3 Å². The van der Waals surface area contributed by atoms with E-state index in [1.54, 1.807) is 0 Å². The largest absolute Gasteiger partial charge is 0.395 e. The second-order valence-corrected chi connectivity index (χ2v) is 4.16. The zero-order valence-electron chi connectivity index (χ0n) is 8.21. The van der Waals surface area contributed by atoms with Gasteiger partial charge in [0.2, 0.25) is 0 Å². The van der Waals surface area contributed by atoms with Crippen LogP contribution in [0.4, 0.5) is 0 Å². The van der Waals surface area contributed by atoms with Gasteiger partial charge in [-0.1, -0.05) is 0 Å². The first-order chi connectivity index (χ1) is 6.08. The first-order valence-electron chi connectivity index (χ1n) is 4.70. The van der Waals surface area contributed by atoms with E-state index >= 15 is 0 Å². The monoisotopic (exact) mass is 185 g/mol. The van der Waals surface area contributed by atoms with E-state index in [4.69, 9.17) is 16.2 Å². The SMILES string of the molecule is CN(CCO)CC1(CC(=N)N)CC1. The van der Waals surface area contributed by atoms with Crippen LogP contribution in [0.1, 0.15) is 19.3 Å². The highest BCUT2D eigenvalue weighted by Crippen LogP contribution is 2.48. The van der Waals surface area contributed by atoms with Crippen molar-refractivity contribution in [2.24, 2.45) is 11.1 Å². The molecule has 0 atom stereocenters. The van der Waals surface area contributed by atoms with Crippen molar-refractivity contribution in [1.29, 1.82) is 5.41 Å². The number of nitrogens with two attached hydrogens (primary N) is 1. The fourth-order valence-corrected chi connectivity index (χ4v) is 1.79. The molecule has 4 heteroatoms.